The van der Waals surface area contributed by atoms with Gasteiger partial charge in [-0.1, -0.05) is 23.7 Å². The Kier molecular flexibility index (Phi) is 5.48. The normalized spacial score (nSPS) is 18.7. The molecule has 2 atom stereocenters. The van der Waals surface area contributed by atoms with E-state index in [0.29, 0.717) is 11.7 Å². The number of nitrogens with zero attached hydrogens (tertiary/aromatic N) is 3. The zero-order valence-corrected chi connectivity index (χ0v) is 14.7. The molecule has 2 aromatic rings. The Hall–Kier alpha value is -2.21. The van der Waals surface area contributed by atoms with Gasteiger partial charge in [-0.25, -0.2) is 4.39 Å². The van der Waals surface area contributed by atoms with E-state index in [1.54, 1.807) is 12.1 Å². The van der Waals surface area contributed by atoms with Gasteiger partial charge >= 0.3 is 0 Å². The van der Waals surface area contributed by atoms with Gasteiger partial charge in [0.1, 0.15) is 5.82 Å². The molecule has 132 valence electrons. The number of amides is 1. The number of benzene rings is 1. The van der Waals surface area contributed by atoms with E-state index in [1.807, 2.05) is 24.0 Å². The highest BCUT2D eigenvalue weighted by molar-refractivity contribution is 6.29. The summed E-state index contributed by atoms with van der Waals surface area (Å²) in [4.78, 5) is 14.7. The number of anilines is 1. The summed E-state index contributed by atoms with van der Waals surface area (Å²) < 4.78 is 13.3. The van der Waals surface area contributed by atoms with Crippen molar-refractivity contribution in [3.05, 3.63) is 52.9 Å². The number of carbonyl (C=O) groups excluding carboxylic acids is 1. The maximum absolute atomic E-state index is 13.3. The molecule has 1 saturated heterocycles. The van der Waals surface area contributed by atoms with Crippen LogP contribution < -0.4 is 10.2 Å². The van der Waals surface area contributed by atoms with Crippen LogP contribution in [0.1, 0.15) is 31.4 Å². The minimum Gasteiger partial charge on any atom is -0.354 e. The van der Waals surface area contributed by atoms with E-state index in [1.165, 1.54) is 12.1 Å². The van der Waals surface area contributed by atoms with Crippen molar-refractivity contribution in [3.63, 3.8) is 0 Å². The van der Waals surface area contributed by atoms with Crippen LogP contribution in [-0.2, 0) is 4.79 Å². The van der Waals surface area contributed by atoms with Crippen LogP contribution in [0.5, 0.6) is 0 Å². The lowest BCUT2D eigenvalue weighted by molar-refractivity contribution is -0.125. The van der Waals surface area contributed by atoms with Gasteiger partial charge in [0.15, 0.2) is 11.0 Å². The van der Waals surface area contributed by atoms with E-state index in [0.717, 1.165) is 30.8 Å². The molecule has 0 saturated carbocycles. The highest BCUT2D eigenvalue weighted by Crippen LogP contribution is 2.23. The molecule has 0 unspecified atom stereocenters. The second kappa shape index (κ2) is 7.78. The van der Waals surface area contributed by atoms with Gasteiger partial charge in [0.25, 0.3) is 0 Å². The van der Waals surface area contributed by atoms with Gasteiger partial charge in [-0.05, 0) is 49.6 Å². The highest BCUT2D eigenvalue weighted by Gasteiger charge is 2.27. The van der Waals surface area contributed by atoms with Crippen LogP contribution in [0.25, 0.3) is 0 Å². The second-order valence-electron chi connectivity index (χ2n) is 6.28. The molecule has 0 bridgehead atoms. The zero-order chi connectivity index (χ0) is 17.8. The largest absolute Gasteiger partial charge is 0.354 e. The first-order valence-electron chi connectivity index (χ1n) is 8.33. The Morgan fingerprint density at radius 1 is 1.36 bits per heavy atom. The summed E-state index contributed by atoms with van der Waals surface area (Å²) in [5.41, 5.74) is 0.754. The monoisotopic (exact) mass is 362 g/mol. The summed E-state index contributed by atoms with van der Waals surface area (Å²) in [6, 6.07) is 9.56. The number of halogens is 2. The van der Waals surface area contributed by atoms with Crippen LogP contribution in [0.3, 0.4) is 0 Å². The summed E-state index contributed by atoms with van der Waals surface area (Å²) in [6.07, 6.45) is 1.72. The van der Waals surface area contributed by atoms with Crippen molar-refractivity contribution in [1.29, 1.82) is 0 Å². The molecule has 1 amide bonds. The van der Waals surface area contributed by atoms with Gasteiger partial charge in [-0.3, -0.25) is 4.79 Å². The minimum atomic E-state index is -0.302. The topological polar surface area (TPSA) is 58.1 Å². The summed E-state index contributed by atoms with van der Waals surface area (Å²) in [6.45, 7) is 3.27. The third kappa shape index (κ3) is 4.45. The Morgan fingerprint density at radius 2 is 2.20 bits per heavy atom. The molecular weight excluding hydrogens is 343 g/mol. The average Bonchev–Trinajstić information content (AvgIpc) is 2.62. The van der Waals surface area contributed by atoms with Crippen molar-refractivity contribution in [1.82, 2.24) is 15.5 Å². The fourth-order valence-corrected chi connectivity index (χ4v) is 3.17. The van der Waals surface area contributed by atoms with Gasteiger partial charge < -0.3 is 10.2 Å². The molecule has 1 N–H and O–H groups in total. The van der Waals surface area contributed by atoms with Crippen LogP contribution in [0.2, 0.25) is 5.15 Å². The summed E-state index contributed by atoms with van der Waals surface area (Å²) in [5.74, 6) is 0.259. The van der Waals surface area contributed by atoms with Crippen LogP contribution in [-0.4, -0.2) is 29.2 Å². The van der Waals surface area contributed by atoms with Crippen molar-refractivity contribution in [2.45, 2.75) is 25.8 Å². The van der Waals surface area contributed by atoms with Crippen LogP contribution in [0, 0.1) is 11.7 Å². The highest BCUT2D eigenvalue weighted by atomic mass is 35.5. The lowest BCUT2D eigenvalue weighted by atomic mass is 9.96. The lowest BCUT2D eigenvalue weighted by Crippen LogP contribution is -2.44. The molecule has 5 nitrogen and oxygen atoms in total. The number of rotatable bonds is 4. The maximum Gasteiger partial charge on any atom is 0.225 e. The van der Waals surface area contributed by atoms with E-state index < -0.39 is 0 Å². The van der Waals surface area contributed by atoms with E-state index in [4.69, 9.17) is 11.6 Å². The third-order valence-electron chi connectivity index (χ3n) is 4.44. The summed E-state index contributed by atoms with van der Waals surface area (Å²) >= 11 is 5.77. The molecule has 7 heteroatoms. The molecule has 2 heterocycles. The van der Waals surface area contributed by atoms with Crippen molar-refractivity contribution >= 4 is 23.3 Å². The van der Waals surface area contributed by atoms with Crippen LogP contribution in [0.15, 0.2) is 36.4 Å². The van der Waals surface area contributed by atoms with Gasteiger partial charge in [-0.2, -0.15) is 0 Å². The Balaban J connectivity index is 1.62. The smallest absolute Gasteiger partial charge is 0.225 e. The molecule has 1 aliphatic heterocycles. The van der Waals surface area contributed by atoms with Gasteiger partial charge in [-0.15, -0.1) is 10.2 Å². The fourth-order valence-electron chi connectivity index (χ4n) is 3.07. The van der Waals surface area contributed by atoms with E-state index >= 15 is 0 Å². The Bertz CT molecular complexity index is 740. The number of hydrogen-bond donors (Lipinski definition) is 1. The fraction of sp³-hybridized carbons (Fsp3) is 0.389. The molecule has 1 aromatic heterocycles. The van der Waals surface area contributed by atoms with E-state index in [-0.39, 0.29) is 23.7 Å². The first-order valence-corrected chi connectivity index (χ1v) is 8.71. The molecule has 1 fully saturated rings. The molecule has 25 heavy (non-hydrogen) atoms. The number of carbonyl (C=O) groups is 1. The molecular formula is C18H20ClFN4O. The third-order valence-corrected chi connectivity index (χ3v) is 4.64. The first-order chi connectivity index (χ1) is 12.0. The SMILES string of the molecule is C[C@H](NC(=O)[C@H]1CCCN(c2ccc(Cl)nn2)C1)c1cccc(F)c1. The van der Waals surface area contributed by atoms with Crippen molar-refractivity contribution in [3.8, 4) is 0 Å². The van der Waals surface area contributed by atoms with E-state index in [9.17, 15) is 9.18 Å². The predicted molar refractivity (Wildman–Crippen MR) is 94.9 cm³/mol. The number of hydrogen-bond acceptors (Lipinski definition) is 4. The van der Waals surface area contributed by atoms with Gasteiger partial charge in [0.05, 0.1) is 12.0 Å². The lowest BCUT2D eigenvalue weighted by Gasteiger charge is -2.33. The molecule has 0 aliphatic carbocycles. The van der Waals surface area contributed by atoms with Crippen LogP contribution in [0.4, 0.5) is 10.2 Å². The Labute approximate surface area is 151 Å². The average molecular weight is 363 g/mol. The number of piperidine rings is 1. The molecule has 0 spiro atoms. The summed E-state index contributed by atoms with van der Waals surface area (Å²) in [7, 11) is 0. The van der Waals surface area contributed by atoms with Crippen molar-refractivity contribution in [2.75, 3.05) is 18.0 Å². The summed E-state index contributed by atoms with van der Waals surface area (Å²) in [5, 5.41) is 11.3. The van der Waals surface area contributed by atoms with Gasteiger partial charge in [0, 0.05) is 13.1 Å². The second-order valence-corrected chi connectivity index (χ2v) is 6.67. The predicted octanol–water partition coefficient (Wildman–Crippen LogP) is 3.36. The molecule has 1 aromatic carbocycles. The number of nitrogens with one attached hydrogen (secondary N) is 1. The first kappa shape index (κ1) is 17.6. The zero-order valence-electron chi connectivity index (χ0n) is 14.0. The quantitative estimate of drug-likeness (QED) is 0.906. The van der Waals surface area contributed by atoms with E-state index in [2.05, 4.69) is 15.5 Å². The standard InChI is InChI=1S/C18H20ClFN4O/c1-12(13-4-2-6-15(20)10-13)21-18(25)14-5-3-9-24(11-14)17-8-7-16(19)22-23-17/h2,4,6-8,10,12,14H,3,5,9,11H2,1H3,(H,21,25)/t12-,14-/m0/s1. The minimum absolute atomic E-state index is 0.0246. The van der Waals surface area contributed by atoms with Crippen molar-refractivity contribution in [2.24, 2.45) is 5.92 Å². The molecule has 3 rings (SSSR count). The van der Waals surface area contributed by atoms with Gasteiger partial charge in [0.2, 0.25) is 5.91 Å². The molecule has 1 aliphatic rings. The van der Waals surface area contributed by atoms with Crippen molar-refractivity contribution < 1.29 is 9.18 Å². The Morgan fingerprint density at radius 3 is 2.92 bits per heavy atom. The molecule has 0 radical (unpaired) electrons. The van der Waals surface area contributed by atoms with Crippen LogP contribution >= 0.6 is 11.6 Å². The maximum atomic E-state index is 13.3. The number of aromatic nitrogens is 2.